The molecule has 0 aromatic carbocycles. The quantitative estimate of drug-likeness (QED) is 0.531. The van der Waals surface area contributed by atoms with Gasteiger partial charge in [-0.15, -0.1) is 0 Å². The summed E-state index contributed by atoms with van der Waals surface area (Å²) in [6.45, 7) is 0.318. The molecule has 1 heterocycles. The Morgan fingerprint density at radius 1 is 1.75 bits per heavy atom. The molecule has 42 valence electrons. The molecule has 1 aromatic rings. The van der Waals surface area contributed by atoms with Gasteiger partial charge in [0, 0.05) is 6.07 Å². The first-order valence-corrected chi connectivity index (χ1v) is 2.07. The normalized spacial score (nSPS) is 8.50. The van der Waals surface area contributed by atoms with Crippen molar-refractivity contribution in [3.63, 3.8) is 0 Å². The van der Waals surface area contributed by atoms with E-state index in [0.717, 1.165) is 0 Å². The minimum Gasteiger partial charge on any atom is -0.434 e. The minimum atomic E-state index is 0.222. The molecule has 0 N–H and O–H groups in total. The Labute approximate surface area is 45.9 Å². The fourth-order valence-corrected chi connectivity index (χ4v) is 0.378. The largest absolute Gasteiger partial charge is 0.434 e. The summed E-state index contributed by atoms with van der Waals surface area (Å²) >= 11 is 0. The summed E-state index contributed by atoms with van der Waals surface area (Å²) < 4.78 is 8.92. The number of ether oxygens (including phenoxy) is 1. The average molecular weight is 112 g/mol. The zero-order valence-corrected chi connectivity index (χ0v) is 4.03. The molecule has 8 heavy (non-hydrogen) atoms. The molecule has 0 unspecified atom stereocenters. The van der Waals surface area contributed by atoms with Gasteiger partial charge < -0.3 is 9.15 Å². The highest BCUT2D eigenvalue weighted by Crippen LogP contribution is 2.07. The lowest BCUT2D eigenvalue weighted by molar-refractivity contribution is -0.121. The van der Waals surface area contributed by atoms with Crippen molar-refractivity contribution < 1.29 is 13.9 Å². The van der Waals surface area contributed by atoms with Gasteiger partial charge in [-0.25, -0.2) is 0 Å². The van der Waals surface area contributed by atoms with E-state index in [0.29, 0.717) is 6.47 Å². The van der Waals surface area contributed by atoms with Crippen molar-refractivity contribution in [3.8, 4) is 5.95 Å². The summed E-state index contributed by atoms with van der Waals surface area (Å²) in [7, 11) is 0. The highest BCUT2D eigenvalue weighted by atomic mass is 16.6. The molecule has 0 atom stereocenters. The van der Waals surface area contributed by atoms with E-state index >= 15 is 0 Å². The van der Waals surface area contributed by atoms with E-state index in [1.165, 1.54) is 6.26 Å². The van der Waals surface area contributed by atoms with Crippen LogP contribution in [0.4, 0.5) is 0 Å². The topological polar surface area (TPSA) is 39.4 Å². The van der Waals surface area contributed by atoms with Crippen LogP contribution in [-0.4, -0.2) is 6.47 Å². The van der Waals surface area contributed by atoms with Gasteiger partial charge in [0.05, 0.1) is 6.26 Å². The van der Waals surface area contributed by atoms with Crippen molar-refractivity contribution in [3.05, 3.63) is 18.4 Å². The Morgan fingerprint density at radius 2 is 2.62 bits per heavy atom. The summed E-state index contributed by atoms with van der Waals surface area (Å²) in [5.41, 5.74) is 0. The Morgan fingerprint density at radius 3 is 3.12 bits per heavy atom. The molecule has 0 aliphatic heterocycles. The van der Waals surface area contributed by atoms with Gasteiger partial charge in [0.1, 0.15) is 0 Å². The number of carbonyl (C=O) groups excluding carboxylic acids is 1. The van der Waals surface area contributed by atoms with Crippen molar-refractivity contribution in [2.45, 2.75) is 0 Å². The van der Waals surface area contributed by atoms with Crippen LogP contribution < -0.4 is 4.74 Å². The monoisotopic (exact) mass is 112 g/mol. The summed E-state index contributed by atoms with van der Waals surface area (Å²) in [6, 6.07) is 3.19. The van der Waals surface area contributed by atoms with Gasteiger partial charge in [0.2, 0.25) is 0 Å². The molecule has 0 amide bonds. The predicted octanol–water partition coefficient (Wildman–Crippen LogP) is 0.815. The van der Waals surface area contributed by atoms with E-state index in [1.807, 2.05) is 0 Å². The number of rotatable bonds is 2. The van der Waals surface area contributed by atoms with Crippen LogP contribution >= 0.6 is 0 Å². The average Bonchev–Trinajstić information content (AvgIpc) is 2.19. The first-order chi connectivity index (χ1) is 3.93. The Bertz CT molecular complexity index is 154. The fraction of sp³-hybridized carbons (Fsp3) is 0. The van der Waals surface area contributed by atoms with Gasteiger partial charge in [-0.2, -0.15) is 0 Å². The summed E-state index contributed by atoms with van der Waals surface area (Å²) in [6.07, 6.45) is 1.43. The van der Waals surface area contributed by atoms with Crippen LogP contribution in [-0.2, 0) is 4.79 Å². The Hall–Kier alpha value is -1.25. The van der Waals surface area contributed by atoms with Crippen molar-refractivity contribution >= 4 is 6.47 Å². The first kappa shape index (κ1) is 4.90. The molecule has 0 saturated carbocycles. The second-order valence-electron chi connectivity index (χ2n) is 1.15. The highest BCUT2D eigenvalue weighted by molar-refractivity contribution is 5.41. The lowest BCUT2D eigenvalue weighted by atomic mass is 10.7. The second-order valence-corrected chi connectivity index (χ2v) is 1.15. The standard InChI is InChI=1S/C5H4O3/c6-4-8-5-2-1-3-7-5/h1-4H. The molecular weight excluding hydrogens is 108 g/mol. The Balaban J connectivity index is 2.62. The molecule has 0 fully saturated rings. The lowest BCUT2D eigenvalue weighted by Gasteiger charge is -1.83. The highest BCUT2D eigenvalue weighted by Gasteiger charge is 1.89. The third-order valence-electron chi connectivity index (χ3n) is 0.659. The summed E-state index contributed by atoms with van der Waals surface area (Å²) in [4.78, 5) is 9.59. The third-order valence-corrected chi connectivity index (χ3v) is 0.659. The zero-order valence-electron chi connectivity index (χ0n) is 4.03. The van der Waals surface area contributed by atoms with Crippen LogP contribution in [0, 0.1) is 0 Å². The van der Waals surface area contributed by atoms with Gasteiger partial charge >= 0.3 is 6.47 Å². The second kappa shape index (κ2) is 2.16. The molecule has 0 radical (unpaired) electrons. The fourth-order valence-electron chi connectivity index (χ4n) is 0.378. The van der Waals surface area contributed by atoms with Crippen molar-refractivity contribution in [2.24, 2.45) is 0 Å². The first-order valence-electron chi connectivity index (χ1n) is 2.07. The molecule has 1 aromatic heterocycles. The van der Waals surface area contributed by atoms with E-state index in [2.05, 4.69) is 9.15 Å². The van der Waals surface area contributed by atoms with Gasteiger partial charge in [0.15, 0.2) is 0 Å². The van der Waals surface area contributed by atoms with Gasteiger partial charge in [0.25, 0.3) is 5.95 Å². The molecule has 0 bridgehead atoms. The summed E-state index contributed by atoms with van der Waals surface area (Å²) in [5.74, 6) is 0.222. The maximum absolute atomic E-state index is 9.59. The van der Waals surface area contributed by atoms with Crippen LogP contribution in [0.25, 0.3) is 0 Å². The molecule has 0 spiro atoms. The van der Waals surface area contributed by atoms with E-state index in [9.17, 15) is 4.79 Å². The van der Waals surface area contributed by atoms with Crippen molar-refractivity contribution in [2.75, 3.05) is 0 Å². The van der Waals surface area contributed by atoms with Crippen LogP contribution in [0.3, 0.4) is 0 Å². The SMILES string of the molecule is O=COc1ccco1. The summed E-state index contributed by atoms with van der Waals surface area (Å²) in [5, 5.41) is 0. The van der Waals surface area contributed by atoms with Gasteiger partial charge in [-0.3, -0.25) is 4.79 Å². The lowest BCUT2D eigenvalue weighted by Crippen LogP contribution is -1.83. The van der Waals surface area contributed by atoms with Crippen LogP contribution in [0.1, 0.15) is 0 Å². The molecule has 1 rings (SSSR count). The number of hydrogen-bond acceptors (Lipinski definition) is 3. The van der Waals surface area contributed by atoms with Crippen molar-refractivity contribution in [1.82, 2.24) is 0 Å². The van der Waals surface area contributed by atoms with E-state index in [4.69, 9.17) is 0 Å². The Kier molecular flexibility index (Phi) is 1.32. The van der Waals surface area contributed by atoms with E-state index < -0.39 is 0 Å². The number of furan rings is 1. The third kappa shape index (κ3) is 0.872. The van der Waals surface area contributed by atoms with Gasteiger partial charge in [-0.1, -0.05) is 0 Å². The van der Waals surface area contributed by atoms with Crippen LogP contribution in [0.5, 0.6) is 5.95 Å². The smallest absolute Gasteiger partial charge is 0.300 e. The minimum absolute atomic E-state index is 0.222. The maximum atomic E-state index is 9.59. The molecule has 0 aliphatic rings. The predicted molar refractivity (Wildman–Crippen MR) is 25.4 cm³/mol. The molecule has 0 aliphatic carbocycles. The number of hydrogen-bond donors (Lipinski definition) is 0. The van der Waals surface area contributed by atoms with Crippen LogP contribution in [0.15, 0.2) is 22.8 Å². The van der Waals surface area contributed by atoms with E-state index in [-0.39, 0.29) is 5.95 Å². The molecule has 3 nitrogen and oxygen atoms in total. The maximum Gasteiger partial charge on any atom is 0.300 e. The number of carbonyl (C=O) groups is 1. The van der Waals surface area contributed by atoms with Gasteiger partial charge in [-0.05, 0) is 6.07 Å². The van der Waals surface area contributed by atoms with Crippen molar-refractivity contribution in [1.29, 1.82) is 0 Å². The molecular formula is C5H4O3. The zero-order chi connectivity index (χ0) is 5.82. The molecule has 0 saturated heterocycles. The van der Waals surface area contributed by atoms with E-state index in [1.54, 1.807) is 12.1 Å². The molecule has 3 heteroatoms. The van der Waals surface area contributed by atoms with Crippen LogP contribution in [0.2, 0.25) is 0 Å².